The molecular formula is C15H19N4O4+. The summed E-state index contributed by atoms with van der Waals surface area (Å²) in [5.41, 5.74) is 0.314. The summed E-state index contributed by atoms with van der Waals surface area (Å²) in [7, 11) is 3.05. The predicted molar refractivity (Wildman–Crippen MR) is 82.9 cm³/mol. The number of hydrogen-bond donors (Lipinski definition) is 3. The number of carbonyl (C=O) groups excluding carboxylic acids is 1. The number of nitrogens with one attached hydrogen (secondary N) is 3. The first-order valence-corrected chi connectivity index (χ1v) is 7.36. The molecule has 23 heavy (non-hydrogen) atoms. The average Bonchev–Trinajstić information content (AvgIpc) is 2.53. The van der Waals surface area contributed by atoms with E-state index in [1.165, 1.54) is 14.2 Å². The van der Waals surface area contributed by atoms with Crippen molar-refractivity contribution in [2.45, 2.75) is 6.54 Å². The minimum absolute atomic E-state index is 0.0146. The second kappa shape index (κ2) is 6.25. The molecule has 8 nitrogen and oxygen atoms in total. The van der Waals surface area contributed by atoms with Crippen molar-refractivity contribution in [3.63, 3.8) is 0 Å². The van der Waals surface area contributed by atoms with Crippen LogP contribution in [0.2, 0.25) is 0 Å². The van der Waals surface area contributed by atoms with Gasteiger partial charge >= 0.3 is 0 Å². The Balaban J connectivity index is 1.96. The minimum atomic E-state index is -0.230. The lowest BCUT2D eigenvalue weighted by molar-refractivity contribution is -0.907. The van der Waals surface area contributed by atoms with Gasteiger partial charge in [-0.15, -0.1) is 0 Å². The molecule has 1 fully saturated rings. The van der Waals surface area contributed by atoms with Gasteiger partial charge in [0.25, 0.3) is 11.5 Å². The summed E-state index contributed by atoms with van der Waals surface area (Å²) < 4.78 is 10.5. The Morgan fingerprint density at radius 1 is 1.22 bits per heavy atom. The molecule has 0 radical (unpaired) electrons. The van der Waals surface area contributed by atoms with Crippen LogP contribution in [0.15, 0.2) is 16.9 Å². The van der Waals surface area contributed by atoms with Crippen LogP contribution in [0, 0.1) is 0 Å². The maximum absolute atomic E-state index is 12.3. The van der Waals surface area contributed by atoms with Gasteiger partial charge in [-0.3, -0.25) is 9.59 Å². The molecule has 1 saturated heterocycles. The first kappa shape index (κ1) is 15.3. The Hall–Kier alpha value is -2.61. The van der Waals surface area contributed by atoms with E-state index in [1.54, 1.807) is 12.1 Å². The summed E-state index contributed by atoms with van der Waals surface area (Å²) >= 11 is 0. The fourth-order valence-corrected chi connectivity index (χ4v) is 2.74. The van der Waals surface area contributed by atoms with Crippen LogP contribution in [0.5, 0.6) is 11.5 Å². The molecule has 0 aliphatic carbocycles. The van der Waals surface area contributed by atoms with Crippen molar-refractivity contribution in [1.82, 2.24) is 15.3 Å². The highest BCUT2D eigenvalue weighted by Gasteiger charge is 2.21. The second-order valence-corrected chi connectivity index (χ2v) is 5.44. The number of benzene rings is 1. The number of nitrogens with zero attached hydrogens (tertiary/aromatic N) is 1. The van der Waals surface area contributed by atoms with Crippen molar-refractivity contribution in [3.05, 3.63) is 28.3 Å². The van der Waals surface area contributed by atoms with Crippen LogP contribution >= 0.6 is 0 Å². The topological polar surface area (TPSA) is 97.8 Å². The number of aromatic nitrogens is 2. The van der Waals surface area contributed by atoms with Crippen LogP contribution in [0.1, 0.15) is 5.82 Å². The third-order valence-corrected chi connectivity index (χ3v) is 3.89. The Morgan fingerprint density at radius 3 is 2.65 bits per heavy atom. The van der Waals surface area contributed by atoms with Crippen molar-refractivity contribution in [2.24, 2.45) is 0 Å². The van der Waals surface area contributed by atoms with E-state index >= 15 is 0 Å². The first-order chi connectivity index (χ1) is 11.1. The van der Waals surface area contributed by atoms with Crippen molar-refractivity contribution < 1.29 is 19.2 Å². The van der Waals surface area contributed by atoms with Gasteiger partial charge in [0.05, 0.1) is 38.2 Å². The highest BCUT2D eigenvalue weighted by Crippen LogP contribution is 2.29. The molecule has 1 amide bonds. The van der Waals surface area contributed by atoms with Crippen LogP contribution in [0.25, 0.3) is 10.9 Å². The Kier molecular flexibility index (Phi) is 4.16. The summed E-state index contributed by atoms with van der Waals surface area (Å²) in [4.78, 5) is 32.1. The summed E-state index contributed by atoms with van der Waals surface area (Å²) in [5.74, 6) is 1.58. The Morgan fingerprint density at radius 2 is 1.96 bits per heavy atom. The average molecular weight is 319 g/mol. The third-order valence-electron chi connectivity index (χ3n) is 3.89. The summed E-state index contributed by atoms with van der Waals surface area (Å²) in [6.07, 6.45) is 0. The molecule has 2 heterocycles. The van der Waals surface area contributed by atoms with Crippen molar-refractivity contribution in [3.8, 4) is 11.5 Å². The fraction of sp³-hybridized carbons (Fsp3) is 0.400. The summed E-state index contributed by atoms with van der Waals surface area (Å²) in [6.45, 7) is 2.32. The van der Waals surface area contributed by atoms with E-state index in [1.807, 2.05) is 0 Å². The minimum Gasteiger partial charge on any atom is -0.493 e. The Labute approximate surface area is 132 Å². The van der Waals surface area contributed by atoms with Crippen molar-refractivity contribution >= 4 is 16.8 Å². The smallest absolute Gasteiger partial charge is 0.275 e. The van der Waals surface area contributed by atoms with Gasteiger partial charge in [0.2, 0.25) is 0 Å². The van der Waals surface area contributed by atoms with Crippen LogP contribution in [-0.4, -0.2) is 49.7 Å². The SMILES string of the molecule is COc1cc2nc(C[NH+]3CCNC(=O)C3)[nH]c(=O)c2cc1OC. The van der Waals surface area contributed by atoms with Gasteiger partial charge in [0.1, 0.15) is 6.54 Å². The molecule has 2 aromatic rings. The molecule has 1 aliphatic heterocycles. The summed E-state index contributed by atoms with van der Waals surface area (Å²) in [5, 5.41) is 3.23. The van der Waals surface area contributed by atoms with Crippen LogP contribution in [0.4, 0.5) is 0 Å². The number of aromatic amines is 1. The number of H-pyrrole nitrogens is 1. The second-order valence-electron chi connectivity index (χ2n) is 5.44. The Bertz CT molecular complexity index is 802. The van der Waals surface area contributed by atoms with E-state index in [0.29, 0.717) is 47.9 Å². The number of rotatable bonds is 4. The van der Waals surface area contributed by atoms with E-state index in [0.717, 1.165) is 11.4 Å². The normalized spacial score (nSPS) is 17.8. The van der Waals surface area contributed by atoms with Crippen LogP contribution in [0.3, 0.4) is 0 Å². The molecular weight excluding hydrogens is 300 g/mol. The van der Waals surface area contributed by atoms with Gasteiger partial charge in [-0.05, 0) is 6.07 Å². The zero-order valence-corrected chi connectivity index (χ0v) is 13.1. The lowest BCUT2D eigenvalue weighted by Gasteiger charge is -2.23. The highest BCUT2D eigenvalue weighted by molar-refractivity contribution is 5.81. The standard InChI is InChI=1S/C15H18N4O4/c1-22-11-5-9-10(6-12(11)23-2)17-13(18-15(9)21)7-19-4-3-16-14(20)8-19/h5-6H,3-4,7-8H2,1-2H3,(H,16,20)(H,17,18,21)/p+1. The fourth-order valence-electron chi connectivity index (χ4n) is 2.74. The van der Waals surface area contributed by atoms with E-state index < -0.39 is 0 Å². The summed E-state index contributed by atoms with van der Waals surface area (Å²) in [6, 6.07) is 3.30. The van der Waals surface area contributed by atoms with Gasteiger partial charge in [0, 0.05) is 6.07 Å². The molecule has 1 atom stereocenters. The predicted octanol–water partition coefficient (Wildman–Crippen LogP) is -1.54. The van der Waals surface area contributed by atoms with Crippen molar-refractivity contribution in [2.75, 3.05) is 33.9 Å². The van der Waals surface area contributed by atoms with Gasteiger partial charge in [0.15, 0.2) is 23.9 Å². The van der Waals surface area contributed by atoms with Gasteiger partial charge in [-0.25, -0.2) is 4.98 Å². The number of quaternary nitrogens is 1. The van der Waals surface area contributed by atoms with Gasteiger partial charge < -0.3 is 24.7 Å². The molecule has 3 rings (SSSR count). The van der Waals surface area contributed by atoms with E-state index in [2.05, 4.69) is 15.3 Å². The zero-order valence-electron chi connectivity index (χ0n) is 13.1. The van der Waals surface area contributed by atoms with Gasteiger partial charge in [-0.1, -0.05) is 0 Å². The van der Waals surface area contributed by atoms with E-state index in [9.17, 15) is 9.59 Å². The molecule has 1 aliphatic rings. The molecule has 122 valence electrons. The largest absolute Gasteiger partial charge is 0.493 e. The van der Waals surface area contributed by atoms with E-state index in [4.69, 9.17) is 9.47 Å². The molecule has 0 saturated carbocycles. The van der Waals surface area contributed by atoms with E-state index in [-0.39, 0.29) is 11.5 Å². The molecule has 1 aromatic carbocycles. The van der Waals surface area contributed by atoms with Crippen molar-refractivity contribution in [1.29, 1.82) is 0 Å². The first-order valence-electron chi connectivity index (χ1n) is 7.36. The number of ether oxygens (including phenoxy) is 2. The monoisotopic (exact) mass is 319 g/mol. The quantitative estimate of drug-likeness (QED) is 0.634. The number of fused-ring (bicyclic) bond motifs is 1. The molecule has 1 aromatic heterocycles. The lowest BCUT2D eigenvalue weighted by atomic mass is 10.2. The lowest BCUT2D eigenvalue weighted by Crippen LogP contribution is -3.14. The zero-order chi connectivity index (χ0) is 16.4. The highest BCUT2D eigenvalue weighted by atomic mass is 16.5. The number of carbonyl (C=O) groups is 1. The molecule has 1 unspecified atom stereocenters. The van der Waals surface area contributed by atoms with Crippen LogP contribution < -0.4 is 25.2 Å². The van der Waals surface area contributed by atoms with Gasteiger partial charge in [-0.2, -0.15) is 0 Å². The maximum atomic E-state index is 12.3. The molecule has 8 heteroatoms. The number of piperazine rings is 1. The van der Waals surface area contributed by atoms with Crippen LogP contribution in [-0.2, 0) is 11.3 Å². The maximum Gasteiger partial charge on any atom is 0.275 e. The number of methoxy groups -OCH3 is 2. The molecule has 0 spiro atoms. The number of hydrogen-bond acceptors (Lipinski definition) is 5. The molecule has 0 bridgehead atoms. The number of amides is 1. The third kappa shape index (κ3) is 3.11. The molecule has 3 N–H and O–H groups in total.